The van der Waals surface area contributed by atoms with E-state index in [1.807, 2.05) is 6.08 Å². The first-order chi connectivity index (χ1) is 21.0. The van der Waals surface area contributed by atoms with Gasteiger partial charge in [0.1, 0.15) is 41.9 Å². The smallest absolute Gasteiger partial charge is 0.249 e. The van der Waals surface area contributed by atoms with Crippen molar-refractivity contribution in [3.05, 3.63) is 11.8 Å². The maximum atomic E-state index is 12.8. The van der Waals surface area contributed by atoms with Gasteiger partial charge >= 0.3 is 0 Å². The molecule has 0 aromatic carbocycles. The van der Waals surface area contributed by atoms with Crippen LogP contribution >= 0.6 is 0 Å². The lowest BCUT2D eigenvalue weighted by Crippen LogP contribution is -2.69. The third-order valence-electron chi connectivity index (χ3n) is 9.04. The number of hydrogen-bond acceptors (Lipinski definition) is 15. The van der Waals surface area contributed by atoms with Crippen molar-refractivity contribution in [2.24, 2.45) is 23.1 Å². The Balaban J connectivity index is 1.53. The minimum Gasteiger partial charge on any atom is -0.467 e. The standard InChI is InChI=1S/C28H53N7O9/c1-28(40)13-41-27(21(38)24(28)32-2)44-23-18(35-25(39)19(36)5-7-29)9-16(31)22(20(23)37)43-26-17(4-3-15(10-30)42-26)34-12-14-6-8-33-11-14/h3,14,16-24,26-27,32-34,36-38,40H,4-13,29-31H2,1-2H3,(H,35,39)/t14?,16-,17+,18+,19-,20-,21+,22+,23-,24+,26+,27+,28-/m0/s1. The maximum absolute atomic E-state index is 12.8. The van der Waals surface area contributed by atoms with Crippen LogP contribution in [0.3, 0.4) is 0 Å². The SMILES string of the molecule is CN[C@@H]1[C@@H](O)[C@@H](O[C@@H]2[C@@H](O)[C@H](O[C@H]3OC(CN)=CC[C@H]3NCC3CCNC3)[C@@H](N)C[C@H]2NC(=O)[C@@H](O)CCN)OC[C@]1(C)O. The van der Waals surface area contributed by atoms with E-state index < -0.39 is 72.7 Å². The third kappa shape index (κ3) is 8.44. The summed E-state index contributed by atoms with van der Waals surface area (Å²) < 4.78 is 24.3. The van der Waals surface area contributed by atoms with Gasteiger partial charge in [0.2, 0.25) is 12.2 Å². The highest BCUT2D eigenvalue weighted by molar-refractivity contribution is 5.80. The van der Waals surface area contributed by atoms with E-state index in [-0.39, 0.29) is 38.6 Å². The second-order valence-electron chi connectivity index (χ2n) is 12.6. The number of nitrogens with two attached hydrogens (primary N) is 3. The van der Waals surface area contributed by atoms with Crippen LogP contribution in [0.25, 0.3) is 0 Å². The molecule has 1 unspecified atom stereocenters. The molecule has 3 fully saturated rings. The molecule has 1 amide bonds. The lowest BCUT2D eigenvalue weighted by atomic mass is 9.83. The van der Waals surface area contributed by atoms with Crippen LogP contribution in [-0.2, 0) is 23.7 Å². The number of likely N-dealkylation sites (N-methyl/N-ethyl adjacent to an activating group) is 1. The monoisotopic (exact) mass is 631 g/mol. The highest BCUT2D eigenvalue weighted by Crippen LogP contribution is 2.32. The van der Waals surface area contributed by atoms with Gasteiger partial charge in [0, 0.05) is 6.04 Å². The Morgan fingerprint density at radius 2 is 1.95 bits per heavy atom. The van der Waals surface area contributed by atoms with Crippen LogP contribution in [0.1, 0.15) is 32.6 Å². The first-order valence-corrected chi connectivity index (χ1v) is 15.6. The predicted octanol–water partition coefficient (Wildman–Crippen LogP) is -4.74. The Bertz CT molecular complexity index is 956. The fourth-order valence-electron chi connectivity index (χ4n) is 6.47. The lowest BCUT2D eigenvalue weighted by molar-refractivity contribution is -0.304. The van der Waals surface area contributed by atoms with Crippen molar-refractivity contribution in [1.82, 2.24) is 21.3 Å². The number of rotatable bonds is 13. The molecular weight excluding hydrogens is 578 g/mol. The quantitative estimate of drug-likeness (QED) is 0.0912. The Labute approximate surface area is 258 Å². The van der Waals surface area contributed by atoms with Gasteiger partial charge in [-0.05, 0) is 77.8 Å². The molecule has 3 aliphatic heterocycles. The summed E-state index contributed by atoms with van der Waals surface area (Å²) in [5.41, 5.74) is 16.5. The van der Waals surface area contributed by atoms with E-state index in [0.29, 0.717) is 18.1 Å². The summed E-state index contributed by atoms with van der Waals surface area (Å²) >= 11 is 0. The van der Waals surface area contributed by atoms with Gasteiger partial charge in [-0.25, -0.2) is 0 Å². The van der Waals surface area contributed by atoms with Crippen LogP contribution in [0.4, 0.5) is 0 Å². The molecule has 16 nitrogen and oxygen atoms in total. The average Bonchev–Trinajstić information content (AvgIpc) is 3.51. The molecule has 1 saturated carbocycles. The predicted molar refractivity (Wildman–Crippen MR) is 159 cm³/mol. The largest absolute Gasteiger partial charge is 0.467 e. The summed E-state index contributed by atoms with van der Waals surface area (Å²) in [5, 5.41) is 56.2. The van der Waals surface area contributed by atoms with E-state index in [9.17, 15) is 25.2 Å². The number of aliphatic hydroxyl groups is 4. The Morgan fingerprint density at radius 3 is 2.61 bits per heavy atom. The third-order valence-corrected chi connectivity index (χ3v) is 9.04. The van der Waals surface area contributed by atoms with Crippen molar-refractivity contribution >= 4 is 5.91 Å². The summed E-state index contributed by atoms with van der Waals surface area (Å²) in [6.07, 6.45) is -4.70. The number of carbonyl (C=O) groups is 1. The molecule has 3 heterocycles. The van der Waals surface area contributed by atoms with E-state index in [1.54, 1.807) is 7.05 Å². The average molecular weight is 632 g/mol. The van der Waals surface area contributed by atoms with Gasteiger partial charge in [-0.15, -0.1) is 0 Å². The number of ether oxygens (including phenoxy) is 4. The molecule has 0 spiro atoms. The fraction of sp³-hybridized carbons (Fsp3) is 0.893. The van der Waals surface area contributed by atoms with Gasteiger partial charge in [-0.2, -0.15) is 0 Å². The molecule has 1 aliphatic carbocycles. The summed E-state index contributed by atoms with van der Waals surface area (Å²) in [7, 11) is 1.59. The van der Waals surface area contributed by atoms with Crippen LogP contribution < -0.4 is 38.5 Å². The highest BCUT2D eigenvalue weighted by Gasteiger charge is 2.52. The molecule has 13 atom stereocenters. The summed E-state index contributed by atoms with van der Waals surface area (Å²) in [4.78, 5) is 12.8. The fourth-order valence-corrected chi connectivity index (χ4v) is 6.47. The van der Waals surface area contributed by atoms with Gasteiger partial charge in [0.25, 0.3) is 0 Å². The van der Waals surface area contributed by atoms with Crippen LogP contribution in [0, 0.1) is 5.92 Å². The molecule has 16 heteroatoms. The van der Waals surface area contributed by atoms with Crippen molar-refractivity contribution in [3.63, 3.8) is 0 Å². The minimum atomic E-state index is -1.42. The van der Waals surface area contributed by atoms with Crippen molar-refractivity contribution in [3.8, 4) is 0 Å². The van der Waals surface area contributed by atoms with Crippen molar-refractivity contribution in [1.29, 1.82) is 0 Å². The summed E-state index contributed by atoms with van der Waals surface area (Å²) in [6, 6.07) is -2.72. The number of hydrogen-bond donors (Lipinski definition) is 11. The van der Waals surface area contributed by atoms with Crippen LogP contribution in [0.5, 0.6) is 0 Å². The zero-order valence-corrected chi connectivity index (χ0v) is 25.6. The highest BCUT2D eigenvalue weighted by atomic mass is 16.7. The van der Waals surface area contributed by atoms with Crippen LogP contribution in [0.2, 0.25) is 0 Å². The topological polar surface area (TPSA) is 261 Å². The van der Waals surface area contributed by atoms with Crippen LogP contribution in [-0.4, -0.2) is 146 Å². The molecular formula is C28H53N7O9. The Kier molecular flexibility index (Phi) is 12.7. The molecule has 0 aromatic rings. The van der Waals surface area contributed by atoms with Crippen molar-refractivity contribution in [2.45, 2.75) is 105 Å². The molecule has 4 rings (SSSR count). The Morgan fingerprint density at radius 1 is 1.20 bits per heavy atom. The number of aliphatic hydroxyl groups excluding tert-OH is 3. The normalized spacial score (nSPS) is 41.9. The molecule has 0 bridgehead atoms. The first kappa shape index (κ1) is 35.3. The first-order valence-electron chi connectivity index (χ1n) is 15.6. The minimum absolute atomic E-state index is 0.0368. The second kappa shape index (κ2) is 15.9. The molecule has 0 radical (unpaired) electrons. The van der Waals surface area contributed by atoms with E-state index in [4.69, 9.17) is 36.1 Å². The van der Waals surface area contributed by atoms with Gasteiger partial charge in [-0.1, -0.05) is 0 Å². The van der Waals surface area contributed by atoms with Gasteiger partial charge in [0.15, 0.2) is 6.29 Å². The molecule has 14 N–H and O–H groups in total. The number of carbonyl (C=O) groups excluding carboxylic acids is 1. The zero-order chi connectivity index (χ0) is 32.0. The van der Waals surface area contributed by atoms with E-state index in [1.165, 1.54) is 6.92 Å². The summed E-state index contributed by atoms with van der Waals surface area (Å²) in [6.45, 7) is 4.28. The van der Waals surface area contributed by atoms with Crippen molar-refractivity contribution < 1.29 is 44.2 Å². The van der Waals surface area contributed by atoms with Gasteiger partial charge in [-0.3, -0.25) is 4.79 Å². The number of amides is 1. The molecule has 44 heavy (non-hydrogen) atoms. The number of nitrogens with one attached hydrogen (secondary N) is 4. The van der Waals surface area contributed by atoms with Gasteiger partial charge in [0.05, 0.1) is 31.3 Å². The molecule has 2 saturated heterocycles. The Hall–Kier alpha value is -1.51. The lowest BCUT2D eigenvalue weighted by Gasteiger charge is -2.49. The van der Waals surface area contributed by atoms with E-state index in [2.05, 4.69) is 21.3 Å². The summed E-state index contributed by atoms with van der Waals surface area (Å²) in [5.74, 6) is 0.331. The zero-order valence-electron chi connectivity index (χ0n) is 25.6. The van der Waals surface area contributed by atoms with E-state index in [0.717, 1.165) is 26.1 Å². The molecule has 4 aliphatic rings. The molecule has 0 aromatic heterocycles. The van der Waals surface area contributed by atoms with Gasteiger partial charge < -0.3 is 77.8 Å². The van der Waals surface area contributed by atoms with Crippen LogP contribution in [0.15, 0.2) is 11.8 Å². The maximum Gasteiger partial charge on any atom is 0.249 e. The van der Waals surface area contributed by atoms with Crippen molar-refractivity contribution in [2.75, 3.05) is 46.4 Å². The second-order valence-corrected chi connectivity index (χ2v) is 12.6. The van der Waals surface area contributed by atoms with E-state index >= 15 is 0 Å². The molecule has 254 valence electrons.